The number of aromatic nitrogens is 3. The van der Waals surface area contributed by atoms with Crippen molar-refractivity contribution in [2.24, 2.45) is 0 Å². The molecule has 0 spiro atoms. The van der Waals surface area contributed by atoms with Gasteiger partial charge in [0, 0.05) is 29.7 Å². The molecule has 0 saturated carbocycles. The molecule has 120 valence electrons. The average molecular weight is 341 g/mol. The maximum Gasteiger partial charge on any atom is 0.337 e. The lowest BCUT2D eigenvalue weighted by Gasteiger charge is -2.08. The Kier molecular flexibility index (Phi) is 4.67. The Morgan fingerprint density at radius 2 is 1.96 bits per heavy atom. The summed E-state index contributed by atoms with van der Waals surface area (Å²) >= 11 is 6.08. The molecule has 24 heavy (non-hydrogen) atoms. The zero-order valence-electron chi connectivity index (χ0n) is 12.7. The Morgan fingerprint density at radius 3 is 2.62 bits per heavy atom. The molecule has 7 heteroatoms. The molecular formula is C17H13ClN4O2. The molecule has 2 aromatic heterocycles. The van der Waals surface area contributed by atoms with Gasteiger partial charge in [0.1, 0.15) is 11.0 Å². The second-order valence-corrected chi connectivity index (χ2v) is 5.22. The number of ether oxygens (including phenoxy) is 1. The van der Waals surface area contributed by atoms with E-state index < -0.39 is 0 Å². The summed E-state index contributed by atoms with van der Waals surface area (Å²) in [7, 11) is 1.34. The number of rotatable bonds is 4. The van der Waals surface area contributed by atoms with Crippen LogP contribution in [0.15, 0.2) is 54.9 Å². The Morgan fingerprint density at radius 1 is 1.17 bits per heavy atom. The first-order chi connectivity index (χ1) is 11.7. The SMILES string of the molecule is COC(=O)c1ccc(Nc2cc(Cl)nc(-c3cccnc3)n2)cc1. The van der Waals surface area contributed by atoms with Crippen LogP contribution in [0.4, 0.5) is 11.5 Å². The molecule has 0 radical (unpaired) electrons. The topological polar surface area (TPSA) is 77.0 Å². The molecule has 0 fully saturated rings. The van der Waals surface area contributed by atoms with Crippen molar-refractivity contribution < 1.29 is 9.53 Å². The molecule has 6 nitrogen and oxygen atoms in total. The molecule has 0 aliphatic carbocycles. The minimum absolute atomic E-state index is 0.317. The third-order valence-corrected chi connectivity index (χ3v) is 3.39. The number of esters is 1. The standard InChI is InChI=1S/C17H13ClN4O2/c1-24-17(23)11-4-6-13(7-5-11)20-15-9-14(18)21-16(22-15)12-3-2-8-19-10-12/h2-10H,1H3,(H,20,21,22). The van der Waals surface area contributed by atoms with Crippen molar-refractivity contribution in [3.8, 4) is 11.4 Å². The van der Waals surface area contributed by atoms with E-state index in [1.807, 2.05) is 6.07 Å². The van der Waals surface area contributed by atoms with Gasteiger partial charge in [0.15, 0.2) is 5.82 Å². The van der Waals surface area contributed by atoms with Gasteiger partial charge in [-0.15, -0.1) is 0 Å². The van der Waals surface area contributed by atoms with Crippen molar-refractivity contribution in [3.63, 3.8) is 0 Å². The summed E-state index contributed by atoms with van der Waals surface area (Å²) in [6.07, 6.45) is 3.34. The molecule has 0 amide bonds. The van der Waals surface area contributed by atoms with E-state index in [0.717, 1.165) is 11.3 Å². The van der Waals surface area contributed by atoms with Crippen molar-refractivity contribution in [2.45, 2.75) is 0 Å². The molecular weight excluding hydrogens is 328 g/mol. The lowest BCUT2D eigenvalue weighted by Crippen LogP contribution is -2.01. The maximum atomic E-state index is 11.4. The smallest absolute Gasteiger partial charge is 0.337 e. The number of halogens is 1. The zero-order chi connectivity index (χ0) is 16.9. The first-order valence-corrected chi connectivity index (χ1v) is 7.44. The van der Waals surface area contributed by atoms with Gasteiger partial charge in [-0.25, -0.2) is 14.8 Å². The van der Waals surface area contributed by atoms with Gasteiger partial charge in [0.25, 0.3) is 0 Å². The molecule has 0 aliphatic rings. The molecule has 0 saturated heterocycles. The van der Waals surface area contributed by atoms with Gasteiger partial charge in [-0.1, -0.05) is 11.6 Å². The van der Waals surface area contributed by atoms with Crippen LogP contribution in [-0.4, -0.2) is 28.0 Å². The number of methoxy groups -OCH3 is 1. The predicted octanol–water partition coefficient (Wildman–Crippen LogP) is 3.72. The van der Waals surface area contributed by atoms with Gasteiger partial charge in [-0.05, 0) is 36.4 Å². The highest BCUT2D eigenvalue weighted by molar-refractivity contribution is 6.29. The van der Waals surface area contributed by atoms with Crippen LogP contribution in [0.3, 0.4) is 0 Å². The molecule has 1 N–H and O–H groups in total. The van der Waals surface area contributed by atoms with Crippen LogP contribution >= 0.6 is 11.6 Å². The Balaban J connectivity index is 1.85. The normalized spacial score (nSPS) is 10.2. The Hall–Kier alpha value is -2.99. The van der Waals surface area contributed by atoms with Gasteiger partial charge >= 0.3 is 5.97 Å². The highest BCUT2D eigenvalue weighted by Gasteiger charge is 2.08. The van der Waals surface area contributed by atoms with Gasteiger partial charge < -0.3 is 10.1 Å². The van der Waals surface area contributed by atoms with Gasteiger partial charge in [-0.2, -0.15) is 0 Å². The third-order valence-electron chi connectivity index (χ3n) is 3.19. The van der Waals surface area contributed by atoms with Crippen molar-refractivity contribution in [2.75, 3.05) is 12.4 Å². The second-order valence-electron chi connectivity index (χ2n) is 4.84. The summed E-state index contributed by atoms with van der Waals surface area (Å²) in [5.74, 6) is 0.634. The monoisotopic (exact) mass is 340 g/mol. The van der Waals surface area contributed by atoms with Crippen LogP contribution in [0.2, 0.25) is 5.15 Å². The Labute approximate surface area is 143 Å². The quantitative estimate of drug-likeness (QED) is 0.576. The first kappa shape index (κ1) is 15.9. The van der Waals surface area contributed by atoms with Gasteiger partial charge in [0.05, 0.1) is 12.7 Å². The fraction of sp³-hybridized carbons (Fsp3) is 0.0588. The zero-order valence-corrected chi connectivity index (χ0v) is 13.5. The van der Waals surface area contributed by atoms with E-state index in [4.69, 9.17) is 11.6 Å². The molecule has 0 atom stereocenters. The van der Waals surface area contributed by atoms with Crippen LogP contribution in [0.5, 0.6) is 0 Å². The number of carbonyl (C=O) groups excluding carboxylic acids is 1. The lowest BCUT2D eigenvalue weighted by molar-refractivity contribution is 0.0601. The minimum atomic E-state index is -0.384. The van der Waals surface area contributed by atoms with Crippen molar-refractivity contribution >= 4 is 29.1 Å². The first-order valence-electron chi connectivity index (χ1n) is 7.06. The summed E-state index contributed by atoms with van der Waals surface area (Å²) in [6, 6.07) is 12.1. The van der Waals surface area contributed by atoms with E-state index in [9.17, 15) is 4.79 Å². The van der Waals surface area contributed by atoms with E-state index in [-0.39, 0.29) is 5.97 Å². The van der Waals surface area contributed by atoms with Crippen LogP contribution in [0.1, 0.15) is 10.4 Å². The van der Waals surface area contributed by atoms with Gasteiger partial charge in [-0.3, -0.25) is 4.98 Å². The number of benzene rings is 1. The molecule has 3 rings (SSSR count). The van der Waals surface area contributed by atoms with E-state index in [1.165, 1.54) is 7.11 Å². The number of hydrogen-bond donors (Lipinski definition) is 1. The molecule has 0 aliphatic heterocycles. The average Bonchev–Trinajstić information content (AvgIpc) is 2.62. The number of hydrogen-bond acceptors (Lipinski definition) is 6. The van der Waals surface area contributed by atoms with Gasteiger partial charge in [0.2, 0.25) is 0 Å². The largest absolute Gasteiger partial charge is 0.465 e. The maximum absolute atomic E-state index is 11.4. The number of nitrogens with one attached hydrogen (secondary N) is 1. The number of nitrogens with zero attached hydrogens (tertiary/aromatic N) is 3. The Bertz CT molecular complexity index is 854. The van der Waals surface area contributed by atoms with E-state index in [0.29, 0.717) is 22.4 Å². The summed E-state index contributed by atoms with van der Waals surface area (Å²) < 4.78 is 4.67. The summed E-state index contributed by atoms with van der Waals surface area (Å²) in [5.41, 5.74) is 2.00. The number of pyridine rings is 1. The molecule has 3 aromatic rings. The lowest BCUT2D eigenvalue weighted by atomic mass is 10.2. The highest BCUT2D eigenvalue weighted by Crippen LogP contribution is 2.22. The van der Waals surface area contributed by atoms with Crippen LogP contribution in [0.25, 0.3) is 11.4 Å². The number of carbonyl (C=O) groups is 1. The fourth-order valence-corrected chi connectivity index (χ4v) is 2.24. The predicted molar refractivity (Wildman–Crippen MR) is 91.3 cm³/mol. The third kappa shape index (κ3) is 3.67. The van der Waals surface area contributed by atoms with Crippen molar-refractivity contribution in [3.05, 3.63) is 65.6 Å². The summed E-state index contributed by atoms with van der Waals surface area (Å²) in [4.78, 5) is 24.1. The summed E-state index contributed by atoms with van der Waals surface area (Å²) in [5, 5.41) is 3.45. The van der Waals surface area contributed by atoms with E-state index in [1.54, 1.807) is 48.8 Å². The van der Waals surface area contributed by atoms with Crippen molar-refractivity contribution in [1.82, 2.24) is 15.0 Å². The molecule has 0 bridgehead atoms. The number of anilines is 2. The highest BCUT2D eigenvalue weighted by atomic mass is 35.5. The van der Waals surface area contributed by atoms with Crippen LogP contribution in [0, 0.1) is 0 Å². The van der Waals surface area contributed by atoms with Crippen LogP contribution < -0.4 is 5.32 Å². The summed E-state index contributed by atoms with van der Waals surface area (Å²) in [6.45, 7) is 0. The van der Waals surface area contributed by atoms with Crippen molar-refractivity contribution in [1.29, 1.82) is 0 Å². The second kappa shape index (κ2) is 7.06. The minimum Gasteiger partial charge on any atom is -0.465 e. The molecule has 1 aromatic carbocycles. The molecule has 2 heterocycles. The van der Waals surface area contributed by atoms with Crippen LogP contribution in [-0.2, 0) is 4.74 Å². The van der Waals surface area contributed by atoms with E-state index >= 15 is 0 Å². The fourth-order valence-electron chi connectivity index (χ4n) is 2.06. The van der Waals surface area contributed by atoms with E-state index in [2.05, 4.69) is 25.0 Å². The molecule has 0 unspecified atom stereocenters.